The van der Waals surface area contributed by atoms with Crippen molar-refractivity contribution in [3.05, 3.63) is 58.9 Å². The Hall–Kier alpha value is -1.58. The number of ether oxygens (including phenoxy) is 1. The average molecular weight is 277 g/mol. The van der Waals surface area contributed by atoms with Crippen LogP contribution < -0.4 is 10.5 Å². The summed E-state index contributed by atoms with van der Waals surface area (Å²) >= 11 is 5.90. The Balaban J connectivity index is 2.37. The first-order valence-electron chi connectivity index (χ1n) is 6.17. The molecule has 0 fully saturated rings. The van der Waals surface area contributed by atoms with Gasteiger partial charge in [-0.05, 0) is 43.2 Å². The molecule has 2 N–H and O–H groups in total. The molecule has 100 valence electrons. The number of hydrogen-bond donors (Lipinski definition) is 1. The monoisotopic (exact) mass is 276 g/mol. The van der Waals surface area contributed by atoms with Crippen molar-refractivity contribution in [1.82, 2.24) is 4.98 Å². The number of nitrogens with two attached hydrogens (primary N) is 1. The van der Waals surface area contributed by atoms with E-state index in [0.717, 1.165) is 16.9 Å². The summed E-state index contributed by atoms with van der Waals surface area (Å²) in [6.07, 6.45) is 3.45. The highest BCUT2D eigenvalue weighted by Crippen LogP contribution is 2.28. The lowest BCUT2D eigenvalue weighted by molar-refractivity contribution is 0.337. The van der Waals surface area contributed by atoms with Gasteiger partial charge in [0.15, 0.2) is 0 Å². The first-order chi connectivity index (χ1) is 9.04. The number of rotatable bonds is 4. The minimum absolute atomic E-state index is 0.605. The van der Waals surface area contributed by atoms with E-state index >= 15 is 0 Å². The molecule has 0 amide bonds. The second-order valence-corrected chi connectivity index (χ2v) is 4.99. The molecule has 0 aliphatic rings. The van der Waals surface area contributed by atoms with E-state index < -0.39 is 5.54 Å². The molecule has 0 radical (unpaired) electrons. The van der Waals surface area contributed by atoms with E-state index in [9.17, 15) is 0 Å². The molecule has 1 aromatic carbocycles. The summed E-state index contributed by atoms with van der Waals surface area (Å²) in [6, 6.07) is 9.44. The number of hydrogen-bond acceptors (Lipinski definition) is 3. The van der Waals surface area contributed by atoms with Crippen molar-refractivity contribution in [3.63, 3.8) is 0 Å². The summed E-state index contributed by atoms with van der Waals surface area (Å²) < 4.78 is 5.46. The Kier molecular flexibility index (Phi) is 4.08. The summed E-state index contributed by atoms with van der Waals surface area (Å²) in [4.78, 5) is 4.18. The van der Waals surface area contributed by atoms with Crippen molar-refractivity contribution >= 4 is 11.6 Å². The second-order valence-electron chi connectivity index (χ2n) is 4.55. The van der Waals surface area contributed by atoms with E-state index in [1.165, 1.54) is 0 Å². The van der Waals surface area contributed by atoms with Crippen LogP contribution in [0.5, 0.6) is 5.75 Å². The average Bonchev–Trinajstić information content (AvgIpc) is 2.40. The van der Waals surface area contributed by atoms with Gasteiger partial charge >= 0.3 is 0 Å². The van der Waals surface area contributed by atoms with Gasteiger partial charge in [0.1, 0.15) is 5.75 Å². The van der Waals surface area contributed by atoms with Crippen LogP contribution in [0.15, 0.2) is 42.7 Å². The molecule has 2 rings (SSSR count). The first kappa shape index (κ1) is 13.8. The van der Waals surface area contributed by atoms with Crippen molar-refractivity contribution in [1.29, 1.82) is 0 Å². The van der Waals surface area contributed by atoms with E-state index in [1.807, 2.05) is 44.2 Å². The zero-order chi connectivity index (χ0) is 13.9. The van der Waals surface area contributed by atoms with Crippen LogP contribution in [-0.2, 0) is 5.54 Å². The molecule has 0 saturated carbocycles. The van der Waals surface area contributed by atoms with Crippen LogP contribution >= 0.6 is 11.6 Å². The van der Waals surface area contributed by atoms with E-state index in [4.69, 9.17) is 22.1 Å². The molecule has 0 spiro atoms. The van der Waals surface area contributed by atoms with Gasteiger partial charge < -0.3 is 10.5 Å². The standard InChI is InChI=1S/C15H17ClN2O/c1-3-19-14-8-12(9-18-10-14)15(2,17)11-4-6-13(16)7-5-11/h4-10H,3,17H2,1-2H3. The lowest BCUT2D eigenvalue weighted by atomic mass is 9.87. The van der Waals surface area contributed by atoms with Crippen LogP contribution in [0.2, 0.25) is 5.02 Å². The van der Waals surface area contributed by atoms with Crippen LogP contribution in [0.25, 0.3) is 0 Å². The van der Waals surface area contributed by atoms with E-state index in [1.54, 1.807) is 12.4 Å². The third-order valence-corrected chi connectivity index (χ3v) is 3.32. The molecule has 1 aromatic heterocycles. The predicted molar refractivity (Wildman–Crippen MR) is 77.5 cm³/mol. The van der Waals surface area contributed by atoms with E-state index in [0.29, 0.717) is 11.6 Å². The number of pyridine rings is 1. The Morgan fingerprint density at radius 1 is 1.21 bits per heavy atom. The van der Waals surface area contributed by atoms with Crippen molar-refractivity contribution in [2.45, 2.75) is 19.4 Å². The molecule has 2 aromatic rings. The van der Waals surface area contributed by atoms with Crippen LogP contribution in [0.1, 0.15) is 25.0 Å². The van der Waals surface area contributed by atoms with Crippen molar-refractivity contribution in [3.8, 4) is 5.75 Å². The fourth-order valence-electron chi connectivity index (χ4n) is 1.91. The lowest BCUT2D eigenvalue weighted by Crippen LogP contribution is -2.34. The van der Waals surface area contributed by atoms with Gasteiger partial charge in [-0.15, -0.1) is 0 Å². The maximum Gasteiger partial charge on any atom is 0.137 e. The van der Waals surface area contributed by atoms with Crippen LogP contribution in [0.4, 0.5) is 0 Å². The fraction of sp³-hybridized carbons (Fsp3) is 0.267. The Morgan fingerprint density at radius 3 is 2.53 bits per heavy atom. The largest absolute Gasteiger partial charge is 0.492 e. The second kappa shape index (κ2) is 5.59. The molecule has 0 bridgehead atoms. The van der Waals surface area contributed by atoms with Gasteiger partial charge in [-0.1, -0.05) is 23.7 Å². The third kappa shape index (κ3) is 3.06. The lowest BCUT2D eigenvalue weighted by Gasteiger charge is -2.26. The normalized spacial score (nSPS) is 13.9. The minimum atomic E-state index is -0.634. The van der Waals surface area contributed by atoms with Crippen LogP contribution in [0.3, 0.4) is 0 Å². The minimum Gasteiger partial charge on any atom is -0.492 e. The van der Waals surface area contributed by atoms with Crippen molar-refractivity contribution in [2.75, 3.05) is 6.61 Å². The quantitative estimate of drug-likeness (QED) is 0.931. The highest BCUT2D eigenvalue weighted by molar-refractivity contribution is 6.30. The maximum atomic E-state index is 6.44. The summed E-state index contributed by atoms with van der Waals surface area (Å²) in [6.45, 7) is 4.49. The Labute approximate surface area is 118 Å². The molecule has 1 atom stereocenters. The van der Waals surface area contributed by atoms with Gasteiger partial charge in [-0.2, -0.15) is 0 Å². The van der Waals surface area contributed by atoms with Crippen LogP contribution in [-0.4, -0.2) is 11.6 Å². The first-order valence-corrected chi connectivity index (χ1v) is 6.55. The molecule has 4 heteroatoms. The molecule has 0 saturated heterocycles. The molecule has 0 aliphatic heterocycles. The zero-order valence-corrected chi connectivity index (χ0v) is 11.8. The number of benzene rings is 1. The highest BCUT2D eigenvalue weighted by atomic mass is 35.5. The summed E-state index contributed by atoms with van der Waals surface area (Å²) in [5, 5.41) is 0.695. The molecule has 19 heavy (non-hydrogen) atoms. The molecule has 1 heterocycles. The number of nitrogens with zero attached hydrogens (tertiary/aromatic N) is 1. The van der Waals surface area contributed by atoms with Gasteiger partial charge in [-0.25, -0.2) is 0 Å². The van der Waals surface area contributed by atoms with Gasteiger partial charge in [0, 0.05) is 11.2 Å². The summed E-state index contributed by atoms with van der Waals surface area (Å²) in [5.74, 6) is 0.727. The smallest absolute Gasteiger partial charge is 0.137 e. The molecule has 1 unspecified atom stereocenters. The molecular weight excluding hydrogens is 260 g/mol. The SMILES string of the molecule is CCOc1cncc(C(C)(N)c2ccc(Cl)cc2)c1. The fourth-order valence-corrected chi connectivity index (χ4v) is 2.04. The van der Waals surface area contributed by atoms with E-state index in [2.05, 4.69) is 4.98 Å². The number of halogens is 1. The maximum absolute atomic E-state index is 6.44. The van der Waals surface area contributed by atoms with Crippen molar-refractivity contribution in [2.24, 2.45) is 5.73 Å². The number of aromatic nitrogens is 1. The highest BCUT2D eigenvalue weighted by Gasteiger charge is 2.24. The van der Waals surface area contributed by atoms with E-state index in [-0.39, 0.29) is 0 Å². The molecule has 3 nitrogen and oxygen atoms in total. The van der Waals surface area contributed by atoms with Gasteiger partial charge in [0.05, 0.1) is 18.3 Å². The third-order valence-electron chi connectivity index (χ3n) is 3.07. The summed E-state index contributed by atoms with van der Waals surface area (Å²) in [7, 11) is 0. The Bertz CT molecular complexity index is 552. The Morgan fingerprint density at radius 2 is 1.89 bits per heavy atom. The summed E-state index contributed by atoms with van der Waals surface area (Å²) in [5.41, 5.74) is 7.68. The van der Waals surface area contributed by atoms with Crippen molar-refractivity contribution < 1.29 is 4.74 Å². The molecular formula is C15H17ClN2O. The topological polar surface area (TPSA) is 48.1 Å². The van der Waals surface area contributed by atoms with Crippen LogP contribution in [0, 0.1) is 0 Å². The molecule has 0 aliphatic carbocycles. The van der Waals surface area contributed by atoms with Gasteiger partial charge in [0.2, 0.25) is 0 Å². The predicted octanol–water partition coefficient (Wildman–Crippen LogP) is 3.36. The van der Waals surface area contributed by atoms with Gasteiger partial charge in [0.25, 0.3) is 0 Å². The van der Waals surface area contributed by atoms with Gasteiger partial charge in [-0.3, -0.25) is 4.98 Å². The zero-order valence-electron chi connectivity index (χ0n) is 11.1.